The van der Waals surface area contributed by atoms with Crippen LogP contribution in [0.5, 0.6) is 0 Å². The number of nitrogens with two attached hydrogens (primary N) is 1. The Morgan fingerprint density at radius 3 is 2.69 bits per heavy atom. The number of carbonyl (C=O) groups is 1. The number of alkyl halides is 3. The number of nitrogens with zero attached hydrogens (tertiary/aromatic N) is 2. The number of halogens is 3. The topological polar surface area (TPSA) is 70.1 Å². The molecule has 0 unspecified atom stereocenters. The molecule has 0 amide bonds. The van der Waals surface area contributed by atoms with E-state index in [1.165, 1.54) is 7.05 Å². The Bertz CT molecular complexity index is 414. The first kappa shape index (κ1) is 12.9. The highest BCUT2D eigenvalue weighted by molar-refractivity contribution is 9.09. The molecule has 0 saturated heterocycles. The molecule has 0 radical (unpaired) electrons. The Labute approximate surface area is 98.7 Å². The summed E-state index contributed by atoms with van der Waals surface area (Å²) in [6.07, 6.45) is 0. The molecule has 1 aromatic heterocycles. The van der Waals surface area contributed by atoms with E-state index in [2.05, 4.69) is 25.8 Å². The highest BCUT2D eigenvalue weighted by Gasteiger charge is 2.38. The first-order valence-electron chi connectivity index (χ1n) is 4.35. The minimum atomic E-state index is -3.43. The fourth-order valence-electron chi connectivity index (χ4n) is 1.14. The second-order valence-electron chi connectivity index (χ2n) is 2.95. The normalized spacial score (nSPS) is 11.6. The molecule has 8 heteroatoms. The van der Waals surface area contributed by atoms with Gasteiger partial charge in [-0.2, -0.15) is 13.9 Å². The maximum absolute atomic E-state index is 13.1. The number of esters is 1. The Kier molecular flexibility index (Phi) is 3.51. The van der Waals surface area contributed by atoms with Gasteiger partial charge in [-0.3, -0.25) is 4.68 Å². The Morgan fingerprint density at radius 2 is 2.25 bits per heavy atom. The third-order valence-electron chi connectivity index (χ3n) is 1.84. The van der Waals surface area contributed by atoms with E-state index in [4.69, 9.17) is 5.73 Å². The van der Waals surface area contributed by atoms with Gasteiger partial charge in [0.25, 0.3) is 0 Å². The van der Waals surface area contributed by atoms with E-state index in [9.17, 15) is 13.6 Å². The molecule has 1 rings (SSSR count). The molecule has 0 aliphatic rings. The lowest BCUT2D eigenvalue weighted by atomic mass is 10.2. The van der Waals surface area contributed by atoms with Crippen LogP contribution in [0.1, 0.15) is 23.0 Å². The van der Waals surface area contributed by atoms with E-state index in [1.807, 2.05) is 0 Å². The second-order valence-corrected chi connectivity index (χ2v) is 3.95. The van der Waals surface area contributed by atoms with Crippen LogP contribution in [0.3, 0.4) is 0 Å². The van der Waals surface area contributed by atoms with Crippen LogP contribution in [0.25, 0.3) is 0 Å². The average molecular weight is 298 g/mol. The van der Waals surface area contributed by atoms with Gasteiger partial charge in [0.1, 0.15) is 11.4 Å². The Balaban J connectivity index is 3.30. The van der Waals surface area contributed by atoms with E-state index >= 15 is 0 Å². The quantitative estimate of drug-likeness (QED) is 0.680. The highest BCUT2D eigenvalue weighted by Crippen LogP contribution is 2.37. The van der Waals surface area contributed by atoms with Crippen molar-refractivity contribution in [3.8, 4) is 0 Å². The first-order chi connectivity index (χ1) is 7.29. The predicted molar refractivity (Wildman–Crippen MR) is 56.4 cm³/mol. The summed E-state index contributed by atoms with van der Waals surface area (Å²) in [6.45, 7) is 1.64. The van der Waals surface area contributed by atoms with E-state index in [0.29, 0.717) is 0 Å². The van der Waals surface area contributed by atoms with Crippen LogP contribution in [0, 0.1) is 0 Å². The van der Waals surface area contributed by atoms with Crippen molar-refractivity contribution in [2.24, 2.45) is 7.05 Å². The molecule has 1 heterocycles. The van der Waals surface area contributed by atoms with Gasteiger partial charge in [-0.1, -0.05) is 0 Å². The number of aromatic nitrogens is 2. The third-order valence-corrected chi connectivity index (χ3v) is 2.22. The third kappa shape index (κ3) is 2.31. The largest absolute Gasteiger partial charge is 0.462 e. The van der Waals surface area contributed by atoms with Gasteiger partial charge in [0, 0.05) is 7.05 Å². The number of hydrogen-bond donors (Lipinski definition) is 1. The minimum Gasteiger partial charge on any atom is -0.462 e. The standard InChI is InChI=1S/C8H10BrF2N3O2/c1-3-16-7(15)4-5(8(9,10)11)13-14(2)6(4)12/h3,12H2,1-2H3. The van der Waals surface area contributed by atoms with Crippen molar-refractivity contribution in [2.75, 3.05) is 12.3 Å². The summed E-state index contributed by atoms with van der Waals surface area (Å²) in [5.41, 5.74) is 4.32. The highest BCUT2D eigenvalue weighted by atomic mass is 79.9. The molecule has 0 aromatic carbocycles. The van der Waals surface area contributed by atoms with Crippen LogP contribution >= 0.6 is 15.9 Å². The molecule has 0 bridgehead atoms. The lowest BCUT2D eigenvalue weighted by Gasteiger charge is -2.07. The summed E-state index contributed by atoms with van der Waals surface area (Å²) >= 11 is 2.13. The van der Waals surface area contributed by atoms with Gasteiger partial charge < -0.3 is 10.5 Å². The van der Waals surface area contributed by atoms with Crippen molar-refractivity contribution in [3.63, 3.8) is 0 Å². The second kappa shape index (κ2) is 4.36. The SMILES string of the molecule is CCOC(=O)c1c(C(F)(F)Br)nn(C)c1N. The Hall–Kier alpha value is -1.18. The first-order valence-corrected chi connectivity index (χ1v) is 5.15. The fourth-order valence-corrected chi connectivity index (χ4v) is 1.42. The van der Waals surface area contributed by atoms with Crippen molar-refractivity contribution in [2.45, 2.75) is 11.8 Å². The number of anilines is 1. The van der Waals surface area contributed by atoms with Crippen LogP contribution < -0.4 is 5.73 Å². The van der Waals surface area contributed by atoms with Crippen LogP contribution in [-0.2, 0) is 16.6 Å². The molecule has 2 N–H and O–H groups in total. The van der Waals surface area contributed by atoms with Gasteiger partial charge in [0.2, 0.25) is 0 Å². The maximum atomic E-state index is 13.1. The molecule has 90 valence electrons. The Morgan fingerprint density at radius 1 is 1.69 bits per heavy atom. The molecule has 0 aliphatic heterocycles. The lowest BCUT2D eigenvalue weighted by Crippen LogP contribution is -2.14. The van der Waals surface area contributed by atoms with Crippen LogP contribution in [-0.4, -0.2) is 22.4 Å². The number of aryl methyl sites for hydroxylation is 1. The van der Waals surface area contributed by atoms with Gasteiger partial charge in [-0.25, -0.2) is 4.79 Å². The molecule has 0 fully saturated rings. The lowest BCUT2D eigenvalue weighted by molar-refractivity contribution is 0.0508. The van der Waals surface area contributed by atoms with Crippen LogP contribution in [0.4, 0.5) is 14.6 Å². The van der Waals surface area contributed by atoms with Crippen molar-refractivity contribution < 1.29 is 18.3 Å². The average Bonchev–Trinajstić information content (AvgIpc) is 2.43. The van der Waals surface area contributed by atoms with Gasteiger partial charge in [0.15, 0.2) is 5.69 Å². The van der Waals surface area contributed by atoms with Crippen molar-refractivity contribution in [1.82, 2.24) is 9.78 Å². The number of ether oxygens (including phenoxy) is 1. The minimum absolute atomic E-state index is 0.0699. The van der Waals surface area contributed by atoms with Gasteiger partial charge >= 0.3 is 10.8 Å². The predicted octanol–water partition coefficient (Wildman–Crippen LogP) is 1.62. The molecule has 5 nitrogen and oxygen atoms in total. The summed E-state index contributed by atoms with van der Waals surface area (Å²) in [4.78, 5) is 8.01. The zero-order valence-electron chi connectivity index (χ0n) is 8.63. The zero-order chi connectivity index (χ0) is 12.5. The van der Waals surface area contributed by atoms with Gasteiger partial charge in [-0.15, -0.1) is 0 Å². The maximum Gasteiger partial charge on any atom is 0.345 e. The van der Waals surface area contributed by atoms with Gasteiger partial charge in [-0.05, 0) is 22.9 Å². The molecule has 1 aromatic rings. The summed E-state index contributed by atoms with van der Waals surface area (Å²) in [6, 6.07) is 0. The van der Waals surface area contributed by atoms with Crippen molar-refractivity contribution in [1.29, 1.82) is 0 Å². The monoisotopic (exact) mass is 297 g/mol. The molecular weight excluding hydrogens is 288 g/mol. The molecular formula is C8H10BrF2N3O2. The fraction of sp³-hybridized carbons (Fsp3) is 0.500. The van der Waals surface area contributed by atoms with Gasteiger partial charge in [0.05, 0.1) is 6.61 Å². The smallest absolute Gasteiger partial charge is 0.345 e. The molecule has 0 spiro atoms. The molecule has 16 heavy (non-hydrogen) atoms. The molecule has 0 aliphatic carbocycles. The molecule has 0 atom stereocenters. The summed E-state index contributed by atoms with van der Waals surface area (Å²) in [5.74, 6) is -1.07. The number of hydrogen-bond acceptors (Lipinski definition) is 4. The van der Waals surface area contributed by atoms with E-state index in [1.54, 1.807) is 6.92 Å². The summed E-state index contributed by atoms with van der Waals surface area (Å²) in [5, 5.41) is 3.48. The van der Waals surface area contributed by atoms with Crippen LogP contribution in [0.15, 0.2) is 0 Å². The van der Waals surface area contributed by atoms with Crippen molar-refractivity contribution in [3.05, 3.63) is 11.3 Å². The number of carbonyl (C=O) groups excluding carboxylic acids is 1. The number of rotatable bonds is 3. The zero-order valence-corrected chi connectivity index (χ0v) is 10.2. The van der Waals surface area contributed by atoms with E-state index in [-0.39, 0.29) is 12.4 Å². The van der Waals surface area contributed by atoms with E-state index < -0.39 is 22.1 Å². The number of nitrogen functional groups attached to an aromatic ring is 1. The molecule has 0 saturated carbocycles. The van der Waals surface area contributed by atoms with E-state index in [0.717, 1.165) is 4.68 Å². The van der Waals surface area contributed by atoms with Crippen LogP contribution in [0.2, 0.25) is 0 Å². The summed E-state index contributed by atoms with van der Waals surface area (Å²) in [7, 11) is 1.36. The van der Waals surface area contributed by atoms with Crippen molar-refractivity contribution >= 4 is 27.7 Å². The summed E-state index contributed by atoms with van der Waals surface area (Å²) < 4.78 is 31.8.